The Labute approximate surface area is 255 Å². The smallest absolute Gasteiger partial charge is 0.423 e. The summed E-state index contributed by atoms with van der Waals surface area (Å²) in [5, 5.41) is 13.5. The highest BCUT2D eigenvalue weighted by Gasteiger charge is 2.30. The number of carbonyl (C=O) groups excluding carboxylic acids is 4. The molecule has 1 aliphatic rings. The first-order chi connectivity index (χ1) is 21.8. The number of amides is 3. The van der Waals surface area contributed by atoms with Gasteiger partial charge in [-0.05, 0) is 62.1 Å². The molecule has 2 N–H and O–H groups in total. The first-order valence-corrected chi connectivity index (χ1v) is 13.8. The van der Waals surface area contributed by atoms with Crippen molar-refractivity contribution in [1.29, 1.82) is 0 Å². The van der Waals surface area contributed by atoms with Gasteiger partial charge in [0.2, 0.25) is 6.79 Å². The third kappa shape index (κ3) is 6.17. The van der Waals surface area contributed by atoms with Crippen LogP contribution in [0.4, 0.5) is 22.1 Å². The summed E-state index contributed by atoms with van der Waals surface area (Å²) in [4.78, 5) is 61.7. The lowest BCUT2D eigenvalue weighted by molar-refractivity contribution is -0.000110. The Hall–Kier alpha value is -6.12. The number of aryl methyl sites for hydroxylation is 2. The monoisotopic (exact) mass is 610 g/mol. The molecule has 0 atom stereocenters. The van der Waals surface area contributed by atoms with Crippen molar-refractivity contribution in [3.8, 4) is 0 Å². The summed E-state index contributed by atoms with van der Waals surface area (Å²) < 4.78 is 16.8. The van der Waals surface area contributed by atoms with Crippen molar-refractivity contribution >= 4 is 46.7 Å². The minimum absolute atomic E-state index is 0.0636. The molecule has 0 saturated heterocycles. The number of carbonyl (C=O) groups is 4. The van der Waals surface area contributed by atoms with E-state index in [1.165, 1.54) is 47.7 Å². The number of ether oxygens (including phenoxy) is 2. The van der Waals surface area contributed by atoms with Crippen LogP contribution in [-0.2, 0) is 9.47 Å². The van der Waals surface area contributed by atoms with Crippen LogP contribution in [0.2, 0.25) is 0 Å². The van der Waals surface area contributed by atoms with Crippen LogP contribution in [-0.4, -0.2) is 61.5 Å². The molecule has 1 aromatic carbocycles. The highest BCUT2D eigenvalue weighted by molar-refractivity contribution is 6.07. The second-order valence-corrected chi connectivity index (χ2v) is 10.2. The Balaban J connectivity index is 1.37. The summed E-state index contributed by atoms with van der Waals surface area (Å²) in [6.07, 6.45) is 7.77. The topological polar surface area (TPSA) is 183 Å². The van der Waals surface area contributed by atoms with Crippen molar-refractivity contribution in [2.45, 2.75) is 32.7 Å². The van der Waals surface area contributed by atoms with E-state index in [4.69, 9.17) is 14.0 Å². The lowest BCUT2D eigenvalue weighted by Crippen LogP contribution is -2.30. The fourth-order valence-corrected chi connectivity index (χ4v) is 4.55. The average molecular weight is 611 g/mol. The molecule has 45 heavy (non-hydrogen) atoms. The molecule has 1 fully saturated rings. The second-order valence-electron chi connectivity index (χ2n) is 10.2. The van der Waals surface area contributed by atoms with Crippen LogP contribution < -0.4 is 15.5 Å². The predicted molar refractivity (Wildman–Crippen MR) is 157 cm³/mol. The van der Waals surface area contributed by atoms with E-state index in [0.29, 0.717) is 22.2 Å². The quantitative estimate of drug-likeness (QED) is 0.182. The summed E-state index contributed by atoms with van der Waals surface area (Å²) in [7, 11) is 0. The number of nitrogens with one attached hydrogen (secondary N) is 2. The van der Waals surface area contributed by atoms with Crippen LogP contribution in [0.3, 0.4) is 0 Å². The van der Waals surface area contributed by atoms with Gasteiger partial charge in [-0.2, -0.15) is 5.10 Å². The molecule has 0 unspecified atom stereocenters. The first-order valence-electron chi connectivity index (χ1n) is 13.8. The van der Waals surface area contributed by atoms with Gasteiger partial charge in [0, 0.05) is 36.3 Å². The molecule has 0 spiro atoms. The van der Waals surface area contributed by atoms with Gasteiger partial charge in [-0.15, -0.1) is 0 Å². The second kappa shape index (κ2) is 12.2. The number of nitrogens with zero attached hydrogens (tertiary/aromatic N) is 6. The van der Waals surface area contributed by atoms with E-state index in [1.54, 1.807) is 38.2 Å². The molecule has 0 aliphatic heterocycles. The molecule has 4 heterocycles. The molecular formula is C30H26N8O7. The number of hydrogen-bond donors (Lipinski definition) is 2. The van der Waals surface area contributed by atoms with Gasteiger partial charge in [-0.3, -0.25) is 14.6 Å². The van der Waals surface area contributed by atoms with E-state index < -0.39 is 24.8 Å². The third-order valence-electron chi connectivity index (χ3n) is 7.02. The summed E-state index contributed by atoms with van der Waals surface area (Å²) in [6.45, 7) is 2.72. The van der Waals surface area contributed by atoms with Crippen molar-refractivity contribution in [1.82, 2.24) is 30.1 Å². The number of benzene rings is 1. The van der Waals surface area contributed by atoms with Crippen LogP contribution >= 0.6 is 0 Å². The van der Waals surface area contributed by atoms with Crippen molar-refractivity contribution in [3.05, 3.63) is 95.4 Å². The van der Waals surface area contributed by atoms with Gasteiger partial charge in [0.1, 0.15) is 18.1 Å². The molecule has 1 aliphatic carbocycles. The fraction of sp³-hybridized carbons (Fsp3) is 0.200. The third-order valence-corrected chi connectivity index (χ3v) is 7.02. The normalized spacial score (nSPS) is 12.4. The molecule has 15 nitrogen and oxygen atoms in total. The Morgan fingerprint density at radius 2 is 1.91 bits per heavy atom. The van der Waals surface area contributed by atoms with Crippen LogP contribution in [0.15, 0.2) is 72.1 Å². The molecule has 3 amide bonds. The Bertz CT molecular complexity index is 1900. The zero-order chi connectivity index (χ0) is 31.5. The lowest BCUT2D eigenvalue weighted by atomic mass is 10.1. The highest BCUT2D eigenvalue weighted by atomic mass is 16.7. The number of esters is 1. The number of fused-ring (bicyclic) bond motifs is 1. The number of hydrogen-bond acceptors (Lipinski definition) is 11. The molecule has 4 aromatic heterocycles. The summed E-state index contributed by atoms with van der Waals surface area (Å²) in [5.74, 6) is -1.27. The van der Waals surface area contributed by atoms with Crippen molar-refractivity contribution in [2.24, 2.45) is 0 Å². The fourth-order valence-electron chi connectivity index (χ4n) is 4.55. The maximum absolute atomic E-state index is 13.8. The van der Waals surface area contributed by atoms with E-state index in [2.05, 4.69) is 30.9 Å². The number of aromatic nitrogens is 5. The average Bonchev–Trinajstić information content (AvgIpc) is 3.57. The molecule has 15 heteroatoms. The number of rotatable bonds is 9. The SMILES string of the molecule is Cc1ccc(C(=O)Nc2ccon2)cc1N(C(=O)OCOC(=O)c1cccnc1)c1ncnn2cc(C(=O)NC3CC3)c(C)c12. The van der Waals surface area contributed by atoms with Gasteiger partial charge in [-0.25, -0.2) is 24.0 Å². The minimum Gasteiger partial charge on any atom is -0.424 e. The summed E-state index contributed by atoms with van der Waals surface area (Å²) >= 11 is 0. The zero-order valence-electron chi connectivity index (χ0n) is 24.1. The van der Waals surface area contributed by atoms with Gasteiger partial charge in [0.05, 0.1) is 16.8 Å². The summed E-state index contributed by atoms with van der Waals surface area (Å²) in [6, 6.07) is 9.38. The predicted octanol–water partition coefficient (Wildman–Crippen LogP) is 3.96. The molecular weight excluding hydrogens is 584 g/mol. The maximum atomic E-state index is 13.8. The van der Waals surface area contributed by atoms with Crippen molar-refractivity contribution in [3.63, 3.8) is 0 Å². The van der Waals surface area contributed by atoms with Crippen molar-refractivity contribution < 1.29 is 33.2 Å². The van der Waals surface area contributed by atoms with Crippen LogP contribution in [0.1, 0.15) is 55.0 Å². The first kappa shape index (κ1) is 29.0. The van der Waals surface area contributed by atoms with Gasteiger partial charge in [0.15, 0.2) is 11.6 Å². The molecule has 5 aromatic rings. The van der Waals surface area contributed by atoms with E-state index in [1.807, 2.05) is 0 Å². The minimum atomic E-state index is -0.976. The molecule has 1 saturated carbocycles. The zero-order valence-corrected chi connectivity index (χ0v) is 24.1. The maximum Gasteiger partial charge on any atom is 0.423 e. The highest BCUT2D eigenvalue weighted by Crippen LogP contribution is 2.34. The van der Waals surface area contributed by atoms with E-state index in [0.717, 1.165) is 17.7 Å². The summed E-state index contributed by atoms with van der Waals surface area (Å²) in [5.41, 5.74) is 2.38. The van der Waals surface area contributed by atoms with E-state index in [-0.39, 0.29) is 40.4 Å². The number of anilines is 3. The van der Waals surface area contributed by atoms with Gasteiger partial charge in [0.25, 0.3) is 11.8 Å². The number of pyridine rings is 1. The Morgan fingerprint density at radius 1 is 1.07 bits per heavy atom. The standard InChI is InChI=1S/C30H26N8O7/c1-17-5-6-19(27(39)35-24-9-11-45-36-24)12-23(17)38(30(42)44-16-43-29(41)20-4-3-10-31-13-20)26-25-18(2)22(14-37(25)33-15-32-26)28(40)34-21-7-8-21/h3-6,9-15,21H,7-8,16H2,1-2H3,(H,34,40)(H,35,36,39). The van der Waals surface area contributed by atoms with Gasteiger partial charge >= 0.3 is 12.1 Å². The van der Waals surface area contributed by atoms with Gasteiger partial charge in [-0.1, -0.05) is 11.2 Å². The lowest BCUT2D eigenvalue weighted by Gasteiger charge is -2.24. The van der Waals surface area contributed by atoms with E-state index in [9.17, 15) is 19.2 Å². The van der Waals surface area contributed by atoms with E-state index >= 15 is 0 Å². The van der Waals surface area contributed by atoms with Crippen LogP contribution in [0, 0.1) is 13.8 Å². The Morgan fingerprint density at radius 3 is 2.64 bits per heavy atom. The molecule has 0 bridgehead atoms. The van der Waals surface area contributed by atoms with Crippen LogP contribution in [0.5, 0.6) is 0 Å². The van der Waals surface area contributed by atoms with Crippen molar-refractivity contribution in [2.75, 3.05) is 17.0 Å². The molecule has 0 radical (unpaired) electrons. The van der Waals surface area contributed by atoms with Crippen LogP contribution in [0.25, 0.3) is 5.52 Å². The largest absolute Gasteiger partial charge is 0.424 e. The Kier molecular flexibility index (Phi) is 7.88. The molecule has 6 rings (SSSR count). The molecule has 228 valence electrons. The van der Waals surface area contributed by atoms with Gasteiger partial charge < -0.3 is 24.6 Å².